The zero-order valence-corrected chi connectivity index (χ0v) is 14.4. The van der Waals surface area contributed by atoms with Crippen LogP contribution in [0.15, 0.2) is 46.9 Å². The lowest BCUT2D eigenvalue weighted by molar-refractivity contribution is 0.0706. The molecule has 7 heteroatoms. The van der Waals surface area contributed by atoms with Gasteiger partial charge in [-0.3, -0.25) is 14.8 Å². The molecule has 1 unspecified atom stereocenters. The quantitative estimate of drug-likeness (QED) is 0.420. The summed E-state index contributed by atoms with van der Waals surface area (Å²) in [5.41, 5.74) is 4.47. The van der Waals surface area contributed by atoms with Crippen LogP contribution in [0, 0.1) is 0 Å². The summed E-state index contributed by atoms with van der Waals surface area (Å²) in [6.45, 7) is 0. The van der Waals surface area contributed by atoms with Gasteiger partial charge in [-0.15, -0.1) is 0 Å². The number of phenols is 1. The van der Waals surface area contributed by atoms with Gasteiger partial charge in [0.25, 0.3) is 11.8 Å². The molecule has 0 aliphatic heterocycles. The van der Waals surface area contributed by atoms with E-state index in [0.29, 0.717) is 16.5 Å². The topological polar surface area (TPSA) is 112 Å². The monoisotopic (exact) mass is 366 g/mol. The molecular formula is C20H18N2O5. The van der Waals surface area contributed by atoms with E-state index in [0.717, 1.165) is 30.4 Å². The van der Waals surface area contributed by atoms with Gasteiger partial charge in [0, 0.05) is 10.9 Å². The first kappa shape index (κ1) is 17.1. The van der Waals surface area contributed by atoms with Crippen molar-refractivity contribution in [2.24, 2.45) is 0 Å². The van der Waals surface area contributed by atoms with Gasteiger partial charge in [-0.05, 0) is 66.8 Å². The molecule has 0 spiro atoms. The summed E-state index contributed by atoms with van der Waals surface area (Å²) in [6, 6.07) is 11.2. The van der Waals surface area contributed by atoms with Crippen LogP contribution >= 0.6 is 0 Å². The Morgan fingerprint density at radius 1 is 1.07 bits per heavy atom. The van der Waals surface area contributed by atoms with E-state index >= 15 is 0 Å². The number of carbonyl (C=O) groups excluding carboxylic acids is 2. The van der Waals surface area contributed by atoms with Crippen LogP contribution < -0.4 is 10.8 Å². The third-order valence-corrected chi connectivity index (χ3v) is 4.85. The Balaban J connectivity index is 1.57. The molecular weight excluding hydrogens is 348 g/mol. The summed E-state index contributed by atoms with van der Waals surface area (Å²) in [4.78, 5) is 24.2. The molecule has 0 radical (unpaired) electrons. The van der Waals surface area contributed by atoms with Gasteiger partial charge in [0.15, 0.2) is 5.76 Å². The lowest BCUT2D eigenvalue weighted by Crippen LogP contribution is -2.31. The highest BCUT2D eigenvalue weighted by molar-refractivity contribution is 5.96. The normalized spacial score (nSPS) is 16.0. The molecule has 1 heterocycles. The van der Waals surface area contributed by atoms with Gasteiger partial charge in [0.2, 0.25) is 0 Å². The molecule has 4 rings (SSSR count). The predicted octanol–water partition coefficient (Wildman–Crippen LogP) is 3.06. The Hall–Kier alpha value is -3.32. The minimum atomic E-state index is -0.561. The second-order valence-corrected chi connectivity index (χ2v) is 6.61. The lowest BCUT2D eigenvalue weighted by Gasteiger charge is -2.26. The molecule has 0 saturated heterocycles. The lowest BCUT2D eigenvalue weighted by atomic mass is 9.86. The van der Waals surface area contributed by atoms with E-state index < -0.39 is 5.91 Å². The standard InChI is InChI=1S/C20H18N2O5/c23-14-5-7-17-13(9-14)10-18(27-17)20(25)21-16-3-1-2-11-8-12(19(24)22-26)4-6-15(11)16/h4-10,16,23,26H,1-3H2,(H,21,25)(H,22,24). The van der Waals surface area contributed by atoms with Crippen molar-refractivity contribution in [3.63, 3.8) is 0 Å². The molecule has 1 atom stereocenters. The number of amides is 2. The highest BCUT2D eigenvalue weighted by Crippen LogP contribution is 2.31. The highest BCUT2D eigenvalue weighted by Gasteiger charge is 2.24. The number of furan rings is 1. The van der Waals surface area contributed by atoms with Crippen molar-refractivity contribution in [1.82, 2.24) is 10.8 Å². The number of nitrogens with one attached hydrogen (secondary N) is 2. The van der Waals surface area contributed by atoms with E-state index in [1.165, 1.54) is 6.07 Å². The van der Waals surface area contributed by atoms with Crippen LogP contribution in [0.25, 0.3) is 11.0 Å². The predicted molar refractivity (Wildman–Crippen MR) is 96.7 cm³/mol. The molecule has 27 heavy (non-hydrogen) atoms. The number of hydrogen-bond donors (Lipinski definition) is 4. The number of fused-ring (bicyclic) bond motifs is 2. The Morgan fingerprint density at radius 2 is 1.93 bits per heavy atom. The molecule has 1 aliphatic rings. The van der Waals surface area contributed by atoms with Gasteiger partial charge in [-0.25, -0.2) is 5.48 Å². The van der Waals surface area contributed by atoms with Gasteiger partial charge in [0.1, 0.15) is 11.3 Å². The van der Waals surface area contributed by atoms with Crippen LogP contribution in [0.2, 0.25) is 0 Å². The fourth-order valence-corrected chi connectivity index (χ4v) is 3.54. The molecule has 7 nitrogen and oxygen atoms in total. The summed E-state index contributed by atoms with van der Waals surface area (Å²) in [6.07, 6.45) is 2.46. The maximum Gasteiger partial charge on any atom is 0.287 e. The number of rotatable bonds is 3. The molecule has 3 aromatic rings. The first-order valence-electron chi connectivity index (χ1n) is 8.66. The highest BCUT2D eigenvalue weighted by atomic mass is 16.5. The van der Waals surface area contributed by atoms with Crippen LogP contribution in [0.1, 0.15) is 50.9 Å². The number of hydroxylamine groups is 1. The van der Waals surface area contributed by atoms with Gasteiger partial charge in [-0.1, -0.05) is 6.07 Å². The Morgan fingerprint density at radius 3 is 2.74 bits per heavy atom. The summed E-state index contributed by atoms with van der Waals surface area (Å²) in [5.74, 6) is -0.603. The van der Waals surface area contributed by atoms with E-state index in [9.17, 15) is 14.7 Å². The maximum absolute atomic E-state index is 12.6. The summed E-state index contributed by atoms with van der Waals surface area (Å²) in [5, 5.41) is 22.0. The first-order valence-corrected chi connectivity index (χ1v) is 8.66. The molecule has 2 amide bonds. The van der Waals surface area contributed by atoms with Crippen molar-refractivity contribution in [3.8, 4) is 5.75 Å². The SMILES string of the molecule is O=C(NO)c1ccc2c(c1)CCCC2NC(=O)c1cc2cc(O)ccc2o1. The molecule has 0 saturated carbocycles. The number of phenolic OH excluding ortho intramolecular Hbond substituents is 1. The van der Waals surface area contributed by atoms with Crippen molar-refractivity contribution >= 4 is 22.8 Å². The van der Waals surface area contributed by atoms with Gasteiger partial charge >= 0.3 is 0 Å². The summed E-state index contributed by atoms with van der Waals surface area (Å²) < 4.78 is 5.58. The molecule has 1 aromatic heterocycles. The average molecular weight is 366 g/mol. The van der Waals surface area contributed by atoms with Crippen LogP contribution in [-0.4, -0.2) is 22.1 Å². The number of aromatic hydroxyl groups is 1. The minimum Gasteiger partial charge on any atom is -0.508 e. The summed E-state index contributed by atoms with van der Waals surface area (Å²) >= 11 is 0. The van der Waals surface area contributed by atoms with Gasteiger partial charge < -0.3 is 14.8 Å². The fraction of sp³-hybridized carbons (Fsp3) is 0.200. The van der Waals surface area contributed by atoms with Crippen LogP contribution in [0.3, 0.4) is 0 Å². The van der Waals surface area contributed by atoms with Crippen molar-refractivity contribution in [2.75, 3.05) is 0 Å². The second-order valence-electron chi connectivity index (χ2n) is 6.61. The minimum absolute atomic E-state index is 0.110. The molecule has 0 fully saturated rings. The van der Waals surface area contributed by atoms with Crippen molar-refractivity contribution in [3.05, 3.63) is 64.9 Å². The number of aryl methyl sites for hydroxylation is 1. The van der Waals surface area contributed by atoms with E-state index in [1.54, 1.807) is 41.9 Å². The van der Waals surface area contributed by atoms with Crippen LogP contribution in [0.4, 0.5) is 0 Å². The van der Waals surface area contributed by atoms with E-state index in [-0.39, 0.29) is 23.5 Å². The largest absolute Gasteiger partial charge is 0.508 e. The van der Waals surface area contributed by atoms with Crippen molar-refractivity contribution in [1.29, 1.82) is 0 Å². The van der Waals surface area contributed by atoms with E-state index in [1.807, 2.05) is 0 Å². The third kappa shape index (κ3) is 3.24. The Kier molecular flexibility index (Phi) is 4.29. The molecule has 0 bridgehead atoms. The zero-order valence-electron chi connectivity index (χ0n) is 14.4. The fourth-order valence-electron chi connectivity index (χ4n) is 3.54. The molecule has 2 aromatic carbocycles. The molecule has 1 aliphatic carbocycles. The van der Waals surface area contributed by atoms with Crippen molar-refractivity contribution < 1.29 is 24.3 Å². The maximum atomic E-state index is 12.6. The van der Waals surface area contributed by atoms with Crippen LogP contribution in [0.5, 0.6) is 5.75 Å². The van der Waals surface area contributed by atoms with E-state index in [4.69, 9.17) is 9.62 Å². The summed E-state index contributed by atoms with van der Waals surface area (Å²) in [7, 11) is 0. The second kappa shape index (κ2) is 6.77. The van der Waals surface area contributed by atoms with Gasteiger partial charge in [0.05, 0.1) is 6.04 Å². The molecule has 138 valence electrons. The molecule has 4 N–H and O–H groups in total. The Bertz CT molecular complexity index is 1040. The third-order valence-electron chi connectivity index (χ3n) is 4.85. The average Bonchev–Trinajstić information content (AvgIpc) is 3.10. The van der Waals surface area contributed by atoms with Gasteiger partial charge in [-0.2, -0.15) is 0 Å². The van der Waals surface area contributed by atoms with Crippen LogP contribution in [-0.2, 0) is 6.42 Å². The number of hydrogen-bond acceptors (Lipinski definition) is 5. The smallest absolute Gasteiger partial charge is 0.287 e. The van der Waals surface area contributed by atoms with E-state index in [2.05, 4.69) is 5.32 Å². The number of benzene rings is 2. The zero-order chi connectivity index (χ0) is 19.0. The van der Waals surface area contributed by atoms with Crippen molar-refractivity contribution in [2.45, 2.75) is 25.3 Å². The first-order chi connectivity index (χ1) is 13.0. The number of carbonyl (C=O) groups is 2. The Labute approximate surface area is 154 Å².